The van der Waals surface area contributed by atoms with Crippen molar-refractivity contribution in [2.24, 2.45) is 0 Å². The number of rotatable bonds is 15. The number of terminal acetylenes is 1. The molecular formula is C55H54F2N10O8. The molecule has 0 aliphatic carbocycles. The van der Waals surface area contributed by atoms with Crippen molar-refractivity contribution in [3.8, 4) is 29.6 Å². The fraction of sp³-hybridized carbons (Fsp3) is 0.400. The summed E-state index contributed by atoms with van der Waals surface area (Å²) >= 11 is 0. The molecule has 11 rings (SSSR count). The zero-order valence-corrected chi connectivity index (χ0v) is 41.0. The number of amides is 6. The summed E-state index contributed by atoms with van der Waals surface area (Å²) in [5.74, 6) is -1.27. The first-order valence-corrected chi connectivity index (χ1v) is 25.5. The predicted molar refractivity (Wildman–Crippen MR) is 272 cm³/mol. The van der Waals surface area contributed by atoms with E-state index in [9.17, 15) is 28.8 Å². The number of nitrogens with one attached hydrogen (secondary N) is 4. The second-order valence-electron chi connectivity index (χ2n) is 20.3. The molecule has 18 nitrogen and oxygen atoms in total. The van der Waals surface area contributed by atoms with Gasteiger partial charge in [0.1, 0.15) is 42.1 Å². The molecule has 75 heavy (non-hydrogen) atoms. The fourth-order valence-electron chi connectivity index (χ4n) is 12.0. The van der Waals surface area contributed by atoms with E-state index in [4.69, 9.17) is 25.9 Å². The molecule has 5 saturated heterocycles. The average molecular weight is 1020 g/mol. The normalized spacial score (nSPS) is 23.1. The van der Waals surface area contributed by atoms with Gasteiger partial charge in [-0.2, -0.15) is 9.97 Å². The molecule has 0 saturated carbocycles. The van der Waals surface area contributed by atoms with Gasteiger partial charge in [0.15, 0.2) is 5.82 Å². The number of carbonyl (C=O) groups excluding carboxylic acids is 6. The maximum atomic E-state index is 17.2. The molecule has 4 N–H and O–H groups in total. The zero-order chi connectivity index (χ0) is 52.1. The van der Waals surface area contributed by atoms with Gasteiger partial charge in [-0.25, -0.2) is 13.6 Å². The summed E-state index contributed by atoms with van der Waals surface area (Å²) < 4.78 is 44.5. The quantitative estimate of drug-likeness (QED) is 0.0415. The summed E-state index contributed by atoms with van der Waals surface area (Å²) in [5.41, 5.74) is 1.09. The standard InChI is InChI=1S/C55H54F2N10O8/c1-3-35-39(56)17-14-31-9-7-10-36(44(31)35)47-46(57)48-38(24-59-47)49(65-26-32-15-16-33(27-65)60-32)64-53(63-48)75-29-55-21-20-34(66(55)25-30(2)23-55)28-74-54(73)58-22-6-4-5-13-42(68)61-40-12-8-11-37-45(40)52(72)67(51(37)71)41-18-19-43(69)62-50(41)70/h1,7-12,14,17,24,32-34,41,60H,2,4-6,13,15-16,18-23,25-29H2,(H,58,73)(H,61,68)(H,62,69,70). The van der Waals surface area contributed by atoms with E-state index in [0.29, 0.717) is 79.4 Å². The van der Waals surface area contributed by atoms with Crippen molar-refractivity contribution in [1.82, 2.24) is 40.7 Å². The maximum Gasteiger partial charge on any atom is 0.407 e. The Bertz CT molecular complexity index is 3280. The highest BCUT2D eigenvalue weighted by Crippen LogP contribution is 2.45. The van der Waals surface area contributed by atoms with Gasteiger partial charge in [-0.1, -0.05) is 54.8 Å². The molecule has 6 aliphatic rings. The molecule has 386 valence electrons. The number of pyridine rings is 1. The second kappa shape index (κ2) is 20.1. The number of unbranched alkanes of at least 4 members (excludes halogenated alkanes) is 2. The smallest absolute Gasteiger partial charge is 0.407 e. The zero-order valence-electron chi connectivity index (χ0n) is 41.0. The number of imide groups is 2. The van der Waals surface area contributed by atoms with Crippen LogP contribution in [0.1, 0.15) is 96.9 Å². The molecular weight excluding hydrogens is 967 g/mol. The maximum absolute atomic E-state index is 17.2. The van der Waals surface area contributed by atoms with Crippen molar-refractivity contribution >= 4 is 68.8 Å². The Hall–Kier alpha value is -7.89. The molecule has 5 unspecified atom stereocenters. The molecule has 2 aromatic heterocycles. The molecule has 6 amide bonds. The van der Waals surface area contributed by atoms with Gasteiger partial charge in [0.05, 0.1) is 33.3 Å². The van der Waals surface area contributed by atoms with E-state index in [-0.39, 0.29) is 96.1 Å². The Kier molecular flexibility index (Phi) is 13.2. The van der Waals surface area contributed by atoms with Gasteiger partial charge in [0, 0.05) is 74.3 Å². The van der Waals surface area contributed by atoms with E-state index in [1.807, 2.05) is 0 Å². The fourth-order valence-corrected chi connectivity index (χ4v) is 12.0. The van der Waals surface area contributed by atoms with E-state index >= 15 is 8.78 Å². The Morgan fingerprint density at radius 1 is 0.947 bits per heavy atom. The number of aromatic nitrogens is 3. The number of halogens is 2. The molecule has 20 heteroatoms. The molecule has 8 heterocycles. The number of piperazine rings is 1. The predicted octanol–water partition coefficient (Wildman–Crippen LogP) is 5.91. The van der Waals surface area contributed by atoms with Gasteiger partial charge < -0.3 is 30.3 Å². The molecule has 2 bridgehead atoms. The van der Waals surface area contributed by atoms with Crippen LogP contribution in [-0.4, -0.2) is 129 Å². The van der Waals surface area contributed by atoms with Gasteiger partial charge in [-0.05, 0) is 75.0 Å². The van der Waals surface area contributed by atoms with Gasteiger partial charge in [0.2, 0.25) is 17.7 Å². The summed E-state index contributed by atoms with van der Waals surface area (Å²) in [5, 5.41) is 12.8. The van der Waals surface area contributed by atoms with E-state index < -0.39 is 52.9 Å². The minimum absolute atomic E-state index is 0.00203. The molecule has 5 atom stereocenters. The molecule has 3 aromatic carbocycles. The number of fused-ring (bicyclic) bond motifs is 6. The van der Waals surface area contributed by atoms with Crippen LogP contribution in [0.25, 0.3) is 32.9 Å². The molecule has 0 radical (unpaired) electrons. The third-order valence-electron chi connectivity index (χ3n) is 15.5. The SMILES string of the molecule is C#Cc1c(F)ccc2cccc(-c3ncc4c(N5CC6CCC(C5)N6)nc(OCC56CCC(COC(=O)NCCCCCC(=O)Nc7cccc8c7C(=O)N(C7CCC(=O)NC7=O)C8=O)N5CC(=C)C6)nc4c3F)c12. The highest BCUT2D eigenvalue weighted by molar-refractivity contribution is 6.26. The lowest BCUT2D eigenvalue weighted by molar-refractivity contribution is -0.136. The van der Waals surface area contributed by atoms with E-state index in [1.54, 1.807) is 36.5 Å². The summed E-state index contributed by atoms with van der Waals surface area (Å²) in [6.07, 6.45) is 12.7. The number of benzene rings is 3. The van der Waals surface area contributed by atoms with Crippen molar-refractivity contribution in [3.05, 3.63) is 95.2 Å². The molecule has 6 aliphatic heterocycles. The first kappa shape index (κ1) is 49.3. The van der Waals surface area contributed by atoms with Crippen LogP contribution in [0.4, 0.5) is 25.1 Å². The monoisotopic (exact) mass is 1020 g/mol. The Morgan fingerprint density at radius 3 is 2.55 bits per heavy atom. The molecule has 0 spiro atoms. The topological polar surface area (TPSA) is 217 Å². The third kappa shape index (κ3) is 9.28. The number of alkyl carbamates (subject to hydrolysis) is 1. The van der Waals surface area contributed by atoms with Crippen LogP contribution >= 0.6 is 0 Å². The number of hydrogen-bond acceptors (Lipinski definition) is 14. The summed E-state index contributed by atoms with van der Waals surface area (Å²) in [6, 6.07) is 11.9. The van der Waals surface area contributed by atoms with Crippen LogP contribution in [-0.2, 0) is 19.1 Å². The highest BCUT2D eigenvalue weighted by atomic mass is 19.1. The first-order chi connectivity index (χ1) is 36.3. The number of piperidine rings is 1. The van der Waals surface area contributed by atoms with Gasteiger partial charge >= 0.3 is 12.1 Å². The summed E-state index contributed by atoms with van der Waals surface area (Å²) in [6.45, 7) is 6.83. The highest BCUT2D eigenvalue weighted by Gasteiger charge is 2.52. The Morgan fingerprint density at radius 2 is 1.75 bits per heavy atom. The number of hydrogen-bond donors (Lipinski definition) is 4. The molecule has 5 aromatic rings. The number of anilines is 2. The van der Waals surface area contributed by atoms with Gasteiger partial charge in [-0.3, -0.25) is 44.1 Å². The van der Waals surface area contributed by atoms with Crippen LogP contribution < -0.4 is 30.9 Å². The van der Waals surface area contributed by atoms with E-state index in [0.717, 1.165) is 36.2 Å². The van der Waals surface area contributed by atoms with Crippen molar-refractivity contribution in [3.63, 3.8) is 0 Å². The van der Waals surface area contributed by atoms with Crippen molar-refractivity contribution in [2.75, 3.05) is 49.6 Å². The van der Waals surface area contributed by atoms with Gasteiger partial charge in [-0.15, -0.1) is 6.42 Å². The number of ether oxygens (including phenoxy) is 2. The van der Waals surface area contributed by atoms with Crippen molar-refractivity contribution in [2.45, 2.75) is 100 Å². The van der Waals surface area contributed by atoms with E-state index in [2.05, 4.69) is 48.6 Å². The second-order valence-corrected chi connectivity index (χ2v) is 20.3. The van der Waals surface area contributed by atoms with Crippen LogP contribution in [0.5, 0.6) is 6.01 Å². The van der Waals surface area contributed by atoms with Crippen LogP contribution in [0, 0.1) is 24.0 Å². The van der Waals surface area contributed by atoms with Crippen molar-refractivity contribution < 1.29 is 47.0 Å². The Balaban J connectivity index is 0.697. The Labute approximate surface area is 430 Å². The summed E-state index contributed by atoms with van der Waals surface area (Å²) in [7, 11) is 0. The molecule has 5 fully saturated rings. The van der Waals surface area contributed by atoms with Crippen LogP contribution in [0.3, 0.4) is 0 Å². The van der Waals surface area contributed by atoms with Crippen LogP contribution in [0.15, 0.2) is 66.9 Å². The first-order valence-electron chi connectivity index (χ1n) is 25.5. The lowest BCUT2D eigenvalue weighted by Gasteiger charge is -2.35. The average Bonchev–Trinajstić information content (AvgIpc) is 4.13. The third-order valence-corrected chi connectivity index (χ3v) is 15.5. The lowest BCUT2D eigenvalue weighted by atomic mass is 9.94. The van der Waals surface area contributed by atoms with Crippen LogP contribution in [0.2, 0.25) is 0 Å². The van der Waals surface area contributed by atoms with E-state index in [1.165, 1.54) is 18.2 Å². The number of carbonyl (C=O) groups is 6. The lowest BCUT2D eigenvalue weighted by Crippen LogP contribution is -2.54. The minimum atomic E-state index is -1.12. The largest absolute Gasteiger partial charge is 0.461 e. The minimum Gasteiger partial charge on any atom is -0.461 e. The van der Waals surface area contributed by atoms with Crippen molar-refractivity contribution in [1.29, 1.82) is 0 Å². The van der Waals surface area contributed by atoms with Gasteiger partial charge in [0.25, 0.3) is 11.8 Å². The summed E-state index contributed by atoms with van der Waals surface area (Å²) in [4.78, 5) is 96.1. The number of nitrogens with zero attached hydrogens (tertiary/aromatic N) is 6.